The summed E-state index contributed by atoms with van der Waals surface area (Å²) in [4.78, 5) is 13.7. The van der Waals surface area contributed by atoms with Gasteiger partial charge < -0.3 is 9.88 Å². The van der Waals surface area contributed by atoms with Gasteiger partial charge in [0.05, 0.1) is 16.7 Å². The molecule has 1 amide bonds. The maximum Gasteiger partial charge on any atom is 0.230 e. The first kappa shape index (κ1) is 18.3. The first-order chi connectivity index (χ1) is 13.3. The number of nitrogens with one attached hydrogen (secondary N) is 1. The zero-order chi connectivity index (χ0) is 18.6. The van der Waals surface area contributed by atoms with Crippen molar-refractivity contribution < 1.29 is 4.79 Å². The number of hydrogen-bond acceptors (Lipinski definition) is 5. The summed E-state index contributed by atoms with van der Waals surface area (Å²) in [5.41, 5.74) is 1.19. The number of carbonyl (C=O) groups excluding carboxylic acids is 1. The topological polar surface area (TPSA) is 59.8 Å². The van der Waals surface area contributed by atoms with Crippen LogP contribution in [0.2, 0.25) is 0 Å². The van der Waals surface area contributed by atoms with Crippen LogP contribution in [0, 0.1) is 5.92 Å². The van der Waals surface area contributed by atoms with E-state index in [-0.39, 0.29) is 11.9 Å². The van der Waals surface area contributed by atoms with E-state index in [1.165, 1.54) is 30.2 Å². The highest BCUT2D eigenvalue weighted by molar-refractivity contribution is 7.99. The summed E-state index contributed by atoms with van der Waals surface area (Å²) in [5, 5.41) is 14.7. The van der Waals surface area contributed by atoms with Crippen LogP contribution in [-0.2, 0) is 11.3 Å². The monoisotopic (exact) mass is 398 g/mol. The smallest absolute Gasteiger partial charge is 0.230 e. The van der Waals surface area contributed by atoms with Crippen LogP contribution in [-0.4, -0.2) is 26.4 Å². The molecule has 5 nitrogen and oxygen atoms in total. The van der Waals surface area contributed by atoms with Crippen molar-refractivity contribution >= 4 is 29.0 Å². The minimum Gasteiger partial charge on any atom is -0.348 e. The SMILES string of the molecule is CCn1c(SCC(=O)NC(c2ccccc2)C2CC2)nnc1-c1cccs1. The summed E-state index contributed by atoms with van der Waals surface area (Å²) in [6, 6.07) is 14.4. The first-order valence-corrected chi connectivity index (χ1v) is 11.1. The van der Waals surface area contributed by atoms with Gasteiger partial charge in [0.2, 0.25) is 5.91 Å². The molecule has 0 saturated heterocycles. The van der Waals surface area contributed by atoms with Gasteiger partial charge in [-0.05, 0) is 42.7 Å². The molecule has 0 bridgehead atoms. The van der Waals surface area contributed by atoms with E-state index in [4.69, 9.17) is 0 Å². The molecule has 2 aromatic heterocycles. The summed E-state index contributed by atoms with van der Waals surface area (Å²) in [7, 11) is 0. The third-order valence-electron chi connectivity index (χ3n) is 4.68. The lowest BCUT2D eigenvalue weighted by Crippen LogP contribution is -2.31. The van der Waals surface area contributed by atoms with Gasteiger partial charge in [-0.25, -0.2) is 0 Å². The van der Waals surface area contributed by atoms with Crippen LogP contribution in [0.15, 0.2) is 53.0 Å². The third-order valence-corrected chi connectivity index (χ3v) is 6.51. The van der Waals surface area contributed by atoms with Gasteiger partial charge in [-0.3, -0.25) is 4.79 Å². The lowest BCUT2D eigenvalue weighted by atomic mass is 10.0. The second-order valence-corrected chi connectivity index (χ2v) is 8.50. The molecule has 1 saturated carbocycles. The molecule has 1 N–H and O–H groups in total. The fourth-order valence-corrected chi connectivity index (χ4v) is 4.71. The lowest BCUT2D eigenvalue weighted by Gasteiger charge is -2.18. The number of nitrogens with zero attached hydrogens (tertiary/aromatic N) is 3. The van der Waals surface area contributed by atoms with Gasteiger partial charge in [0.1, 0.15) is 0 Å². The number of thiophene rings is 1. The maximum atomic E-state index is 12.6. The van der Waals surface area contributed by atoms with Gasteiger partial charge in [-0.1, -0.05) is 48.2 Å². The largest absolute Gasteiger partial charge is 0.348 e. The van der Waals surface area contributed by atoms with Gasteiger partial charge in [0.15, 0.2) is 11.0 Å². The molecule has 0 radical (unpaired) electrons. The Morgan fingerprint density at radius 1 is 1.26 bits per heavy atom. The molecule has 1 aliphatic rings. The lowest BCUT2D eigenvalue weighted by molar-refractivity contribution is -0.119. The molecular formula is C20H22N4OS2. The number of aromatic nitrogens is 3. The van der Waals surface area contributed by atoms with Gasteiger partial charge in [-0.15, -0.1) is 21.5 Å². The second kappa shape index (κ2) is 8.27. The van der Waals surface area contributed by atoms with Crippen LogP contribution in [0.3, 0.4) is 0 Å². The average Bonchev–Trinajstić information content (AvgIpc) is 3.23. The zero-order valence-electron chi connectivity index (χ0n) is 15.2. The highest BCUT2D eigenvalue weighted by Crippen LogP contribution is 2.41. The van der Waals surface area contributed by atoms with Gasteiger partial charge in [0.25, 0.3) is 0 Å². The van der Waals surface area contributed by atoms with Gasteiger partial charge in [0, 0.05) is 6.54 Å². The molecule has 0 aliphatic heterocycles. The summed E-state index contributed by atoms with van der Waals surface area (Å²) in [6.45, 7) is 2.85. The van der Waals surface area contributed by atoms with Crippen molar-refractivity contribution in [2.45, 2.75) is 37.5 Å². The standard InChI is InChI=1S/C20H22N4OS2/c1-2-24-19(16-9-6-12-26-16)22-23-20(24)27-13-17(25)21-18(15-10-11-15)14-7-4-3-5-8-14/h3-9,12,15,18H,2,10-11,13H2,1H3,(H,21,25). The van der Waals surface area contributed by atoms with Crippen molar-refractivity contribution in [3.05, 3.63) is 53.4 Å². The maximum absolute atomic E-state index is 12.6. The molecule has 1 aromatic carbocycles. The van der Waals surface area contributed by atoms with Crippen molar-refractivity contribution in [1.82, 2.24) is 20.1 Å². The van der Waals surface area contributed by atoms with Crippen LogP contribution < -0.4 is 5.32 Å². The molecule has 4 rings (SSSR count). The predicted molar refractivity (Wildman–Crippen MR) is 110 cm³/mol. The van der Waals surface area contributed by atoms with E-state index >= 15 is 0 Å². The summed E-state index contributed by atoms with van der Waals surface area (Å²) >= 11 is 3.10. The van der Waals surface area contributed by atoms with Crippen LogP contribution in [0.25, 0.3) is 10.7 Å². The van der Waals surface area contributed by atoms with Crippen molar-refractivity contribution in [2.24, 2.45) is 5.92 Å². The van der Waals surface area contributed by atoms with Crippen LogP contribution in [0.5, 0.6) is 0 Å². The fourth-order valence-electron chi connectivity index (χ4n) is 3.18. The normalized spacial score (nSPS) is 14.9. The zero-order valence-corrected chi connectivity index (χ0v) is 16.8. The molecule has 1 atom stereocenters. The number of amides is 1. The highest BCUT2D eigenvalue weighted by atomic mass is 32.2. The first-order valence-electron chi connectivity index (χ1n) is 9.20. The molecule has 3 aromatic rings. The summed E-state index contributed by atoms with van der Waals surface area (Å²) in [5.74, 6) is 1.82. The molecule has 0 spiro atoms. The van der Waals surface area contributed by atoms with Crippen LogP contribution in [0.1, 0.15) is 31.4 Å². The van der Waals surface area contributed by atoms with Crippen molar-refractivity contribution in [3.63, 3.8) is 0 Å². The van der Waals surface area contributed by atoms with Gasteiger partial charge >= 0.3 is 0 Å². The van der Waals surface area contributed by atoms with Gasteiger partial charge in [-0.2, -0.15) is 0 Å². The summed E-state index contributed by atoms with van der Waals surface area (Å²) in [6.07, 6.45) is 2.36. The molecular weight excluding hydrogens is 376 g/mol. The number of benzene rings is 1. The Morgan fingerprint density at radius 2 is 2.07 bits per heavy atom. The Hall–Kier alpha value is -2.12. The van der Waals surface area contributed by atoms with E-state index in [1.54, 1.807) is 11.3 Å². The van der Waals surface area contributed by atoms with Crippen LogP contribution in [0.4, 0.5) is 0 Å². The number of thioether (sulfide) groups is 1. The Kier molecular flexibility index (Phi) is 5.59. The fraction of sp³-hybridized carbons (Fsp3) is 0.350. The molecule has 1 fully saturated rings. The Bertz CT molecular complexity index is 888. The van der Waals surface area contributed by atoms with E-state index in [9.17, 15) is 4.79 Å². The van der Waals surface area contributed by atoms with Crippen molar-refractivity contribution in [3.8, 4) is 10.7 Å². The van der Waals surface area contributed by atoms with E-state index in [2.05, 4.69) is 39.1 Å². The quantitative estimate of drug-likeness (QED) is 0.572. The second-order valence-electron chi connectivity index (χ2n) is 6.61. The number of hydrogen-bond donors (Lipinski definition) is 1. The highest BCUT2D eigenvalue weighted by Gasteiger charge is 2.33. The molecule has 2 heterocycles. The van der Waals surface area contributed by atoms with Crippen molar-refractivity contribution in [2.75, 3.05) is 5.75 Å². The Balaban J connectivity index is 1.41. The minimum atomic E-state index is 0.0454. The average molecular weight is 399 g/mol. The Morgan fingerprint density at radius 3 is 2.74 bits per heavy atom. The van der Waals surface area contributed by atoms with E-state index in [0.717, 1.165) is 22.4 Å². The van der Waals surface area contributed by atoms with Crippen molar-refractivity contribution in [1.29, 1.82) is 0 Å². The van der Waals surface area contributed by atoms with E-state index in [0.29, 0.717) is 11.7 Å². The molecule has 140 valence electrons. The van der Waals surface area contributed by atoms with E-state index < -0.39 is 0 Å². The predicted octanol–water partition coefficient (Wildman–Crippen LogP) is 4.39. The molecule has 1 unspecified atom stereocenters. The summed E-state index contributed by atoms with van der Waals surface area (Å²) < 4.78 is 2.07. The number of rotatable bonds is 8. The Labute approximate surface area is 167 Å². The number of carbonyl (C=O) groups is 1. The van der Waals surface area contributed by atoms with Crippen LogP contribution >= 0.6 is 23.1 Å². The molecule has 7 heteroatoms. The minimum absolute atomic E-state index is 0.0454. The van der Waals surface area contributed by atoms with E-state index in [1.807, 2.05) is 35.7 Å². The molecule has 1 aliphatic carbocycles. The third kappa shape index (κ3) is 4.25. The molecule has 27 heavy (non-hydrogen) atoms.